The molecule has 0 aliphatic rings. The standard InChI is InChI=1S/C10H10ClNO/c11-9-3-1-2-8-7(4-5-12)6-13-10(8)9/h1-3,6H,4-5,12H2. The van der Waals surface area contributed by atoms with E-state index in [1.54, 1.807) is 6.26 Å². The number of para-hydroxylation sites is 1. The molecule has 1 heterocycles. The van der Waals surface area contributed by atoms with Crippen LogP contribution in [0, 0.1) is 0 Å². The van der Waals surface area contributed by atoms with E-state index >= 15 is 0 Å². The van der Waals surface area contributed by atoms with Gasteiger partial charge in [-0.1, -0.05) is 23.7 Å². The fourth-order valence-electron chi connectivity index (χ4n) is 1.42. The summed E-state index contributed by atoms with van der Waals surface area (Å²) < 4.78 is 5.34. The zero-order chi connectivity index (χ0) is 9.26. The molecule has 0 amide bonds. The molecule has 2 N–H and O–H groups in total. The first kappa shape index (κ1) is 8.60. The molecule has 0 unspecified atom stereocenters. The van der Waals surface area contributed by atoms with Crippen molar-refractivity contribution >= 4 is 22.6 Å². The molecule has 2 aromatic rings. The second-order valence-electron chi connectivity index (χ2n) is 2.92. The summed E-state index contributed by atoms with van der Waals surface area (Å²) in [6.45, 7) is 0.626. The predicted octanol–water partition coefficient (Wildman–Crippen LogP) is 2.59. The van der Waals surface area contributed by atoms with Gasteiger partial charge in [-0.05, 0) is 24.6 Å². The Balaban J connectivity index is 2.61. The maximum atomic E-state index is 5.95. The van der Waals surface area contributed by atoms with Crippen molar-refractivity contribution in [3.05, 3.63) is 35.0 Å². The molecular formula is C10H10ClNO. The highest BCUT2D eigenvalue weighted by Gasteiger charge is 2.06. The smallest absolute Gasteiger partial charge is 0.152 e. The first-order valence-electron chi connectivity index (χ1n) is 4.17. The Hall–Kier alpha value is -0.990. The summed E-state index contributed by atoms with van der Waals surface area (Å²) in [5.74, 6) is 0. The Kier molecular flexibility index (Phi) is 2.25. The lowest BCUT2D eigenvalue weighted by atomic mass is 10.1. The molecule has 68 valence electrons. The largest absolute Gasteiger partial charge is 0.462 e. The number of benzene rings is 1. The molecule has 2 rings (SSSR count). The van der Waals surface area contributed by atoms with Crippen molar-refractivity contribution in [1.29, 1.82) is 0 Å². The van der Waals surface area contributed by atoms with Gasteiger partial charge < -0.3 is 10.2 Å². The molecule has 2 nitrogen and oxygen atoms in total. The molecule has 0 radical (unpaired) electrons. The molecule has 3 heteroatoms. The van der Waals surface area contributed by atoms with Gasteiger partial charge in [0.25, 0.3) is 0 Å². The quantitative estimate of drug-likeness (QED) is 0.800. The normalized spacial score (nSPS) is 10.9. The lowest BCUT2D eigenvalue weighted by molar-refractivity contribution is 0.610. The Morgan fingerprint density at radius 1 is 1.38 bits per heavy atom. The minimum atomic E-state index is 0.626. The summed E-state index contributed by atoms with van der Waals surface area (Å²) in [6, 6.07) is 5.73. The van der Waals surface area contributed by atoms with Crippen molar-refractivity contribution < 1.29 is 4.42 Å². The summed E-state index contributed by atoms with van der Waals surface area (Å²) in [5.41, 5.74) is 7.36. The van der Waals surface area contributed by atoms with Gasteiger partial charge in [-0.2, -0.15) is 0 Å². The number of rotatable bonds is 2. The summed E-state index contributed by atoms with van der Waals surface area (Å²) >= 11 is 5.95. The van der Waals surface area contributed by atoms with E-state index in [2.05, 4.69) is 0 Å². The maximum absolute atomic E-state index is 5.95. The van der Waals surface area contributed by atoms with E-state index in [4.69, 9.17) is 21.8 Å². The monoisotopic (exact) mass is 195 g/mol. The molecule has 13 heavy (non-hydrogen) atoms. The van der Waals surface area contributed by atoms with Gasteiger partial charge in [-0.3, -0.25) is 0 Å². The molecule has 1 aromatic carbocycles. The van der Waals surface area contributed by atoms with Crippen LogP contribution >= 0.6 is 11.6 Å². The van der Waals surface area contributed by atoms with E-state index in [0.717, 1.165) is 23.0 Å². The van der Waals surface area contributed by atoms with Crippen LogP contribution in [-0.2, 0) is 6.42 Å². The van der Waals surface area contributed by atoms with Crippen molar-refractivity contribution in [2.45, 2.75) is 6.42 Å². The van der Waals surface area contributed by atoms with E-state index < -0.39 is 0 Å². The fraction of sp³-hybridized carbons (Fsp3) is 0.200. The summed E-state index contributed by atoms with van der Waals surface area (Å²) in [6.07, 6.45) is 2.55. The summed E-state index contributed by atoms with van der Waals surface area (Å²) in [4.78, 5) is 0. The second-order valence-corrected chi connectivity index (χ2v) is 3.32. The molecule has 1 aromatic heterocycles. The minimum absolute atomic E-state index is 0.626. The van der Waals surface area contributed by atoms with Gasteiger partial charge in [-0.25, -0.2) is 0 Å². The van der Waals surface area contributed by atoms with Gasteiger partial charge in [0, 0.05) is 5.39 Å². The van der Waals surface area contributed by atoms with E-state index in [0.29, 0.717) is 11.6 Å². The van der Waals surface area contributed by atoms with Gasteiger partial charge >= 0.3 is 0 Å². The van der Waals surface area contributed by atoms with Crippen LogP contribution in [0.5, 0.6) is 0 Å². The fourth-order valence-corrected chi connectivity index (χ4v) is 1.64. The topological polar surface area (TPSA) is 39.2 Å². The van der Waals surface area contributed by atoms with E-state index in [-0.39, 0.29) is 0 Å². The lowest BCUT2D eigenvalue weighted by Crippen LogP contribution is -2.01. The average molecular weight is 196 g/mol. The van der Waals surface area contributed by atoms with Crippen molar-refractivity contribution in [2.24, 2.45) is 5.73 Å². The SMILES string of the molecule is NCCc1coc2c(Cl)cccc12. The van der Waals surface area contributed by atoms with Crippen LogP contribution in [0.25, 0.3) is 11.0 Å². The van der Waals surface area contributed by atoms with E-state index in [1.165, 1.54) is 0 Å². The van der Waals surface area contributed by atoms with Crippen molar-refractivity contribution in [1.82, 2.24) is 0 Å². The molecule has 0 spiro atoms. The number of fused-ring (bicyclic) bond motifs is 1. The molecular weight excluding hydrogens is 186 g/mol. The highest BCUT2D eigenvalue weighted by Crippen LogP contribution is 2.27. The van der Waals surface area contributed by atoms with Crippen LogP contribution in [-0.4, -0.2) is 6.54 Å². The molecule has 0 bridgehead atoms. The number of hydrogen-bond acceptors (Lipinski definition) is 2. The average Bonchev–Trinajstić information content (AvgIpc) is 2.51. The van der Waals surface area contributed by atoms with Crippen LogP contribution in [0.15, 0.2) is 28.9 Å². The molecule has 0 saturated heterocycles. The van der Waals surface area contributed by atoms with Crippen LogP contribution < -0.4 is 5.73 Å². The first-order chi connectivity index (χ1) is 6.33. The van der Waals surface area contributed by atoms with Crippen molar-refractivity contribution in [3.63, 3.8) is 0 Å². The molecule has 0 aliphatic carbocycles. The van der Waals surface area contributed by atoms with Gasteiger partial charge in [0.15, 0.2) is 5.58 Å². The van der Waals surface area contributed by atoms with Gasteiger partial charge in [-0.15, -0.1) is 0 Å². The number of furan rings is 1. The Morgan fingerprint density at radius 3 is 3.00 bits per heavy atom. The van der Waals surface area contributed by atoms with E-state index in [9.17, 15) is 0 Å². The Labute approximate surface area is 81.3 Å². The molecule has 0 aliphatic heterocycles. The minimum Gasteiger partial charge on any atom is -0.462 e. The predicted molar refractivity (Wildman–Crippen MR) is 54.0 cm³/mol. The van der Waals surface area contributed by atoms with Crippen LogP contribution in [0.2, 0.25) is 5.02 Å². The Morgan fingerprint density at radius 2 is 2.23 bits per heavy atom. The number of nitrogens with two attached hydrogens (primary N) is 1. The van der Waals surface area contributed by atoms with Crippen molar-refractivity contribution in [3.8, 4) is 0 Å². The number of hydrogen-bond donors (Lipinski definition) is 1. The molecule has 0 saturated carbocycles. The second kappa shape index (κ2) is 3.40. The van der Waals surface area contributed by atoms with Crippen LogP contribution in [0.4, 0.5) is 0 Å². The van der Waals surface area contributed by atoms with Crippen LogP contribution in [0.3, 0.4) is 0 Å². The van der Waals surface area contributed by atoms with Crippen LogP contribution in [0.1, 0.15) is 5.56 Å². The number of halogens is 1. The van der Waals surface area contributed by atoms with Crippen molar-refractivity contribution in [2.75, 3.05) is 6.54 Å². The van der Waals surface area contributed by atoms with Gasteiger partial charge in [0.05, 0.1) is 11.3 Å². The third-order valence-corrected chi connectivity index (χ3v) is 2.34. The van der Waals surface area contributed by atoms with Gasteiger partial charge in [0.1, 0.15) is 0 Å². The zero-order valence-corrected chi connectivity index (χ0v) is 7.84. The highest BCUT2D eigenvalue weighted by molar-refractivity contribution is 6.34. The lowest BCUT2D eigenvalue weighted by Gasteiger charge is -1.94. The third-order valence-electron chi connectivity index (χ3n) is 2.05. The first-order valence-corrected chi connectivity index (χ1v) is 4.55. The zero-order valence-electron chi connectivity index (χ0n) is 7.09. The summed E-state index contributed by atoms with van der Waals surface area (Å²) in [5, 5.41) is 1.72. The Bertz CT molecular complexity index is 422. The maximum Gasteiger partial charge on any atom is 0.152 e. The summed E-state index contributed by atoms with van der Waals surface area (Å²) in [7, 11) is 0. The van der Waals surface area contributed by atoms with Gasteiger partial charge in [0.2, 0.25) is 0 Å². The highest BCUT2D eigenvalue weighted by atomic mass is 35.5. The van der Waals surface area contributed by atoms with E-state index in [1.807, 2.05) is 18.2 Å². The molecule has 0 atom stereocenters. The molecule has 0 fully saturated rings. The third kappa shape index (κ3) is 1.43.